The predicted molar refractivity (Wildman–Crippen MR) is 92.4 cm³/mol. The van der Waals surface area contributed by atoms with Crippen molar-refractivity contribution in [3.8, 4) is 0 Å². The van der Waals surface area contributed by atoms with Gasteiger partial charge in [-0.05, 0) is 0 Å². The van der Waals surface area contributed by atoms with E-state index < -0.39 is 5.91 Å². The predicted octanol–water partition coefficient (Wildman–Crippen LogP) is 1.89. The lowest BCUT2D eigenvalue weighted by Crippen LogP contribution is -2.22. The molecule has 0 aliphatic rings. The lowest BCUT2D eigenvalue weighted by atomic mass is 10.1. The third-order valence-electron chi connectivity index (χ3n) is 3.52. The van der Waals surface area contributed by atoms with Gasteiger partial charge in [-0.15, -0.1) is 0 Å². The molecule has 0 saturated heterocycles. The van der Waals surface area contributed by atoms with E-state index in [1.165, 1.54) is 6.33 Å². The number of carbonyl (C=O) groups excluding carboxylic acids is 2. The minimum Gasteiger partial charge on any atom is -0.364 e. The molecule has 0 bridgehead atoms. The number of hydrogen-bond donors (Lipinski definition) is 1. The number of primary amides is 1. The summed E-state index contributed by atoms with van der Waals surface area (Å²) in [7, 11) is 1.82. The van der Waals surface area contributed by atoms with Gasteiger partial charge in [-0.2, -0.15) is 0 Å². The van der Waals surface area contributed by atoms with Gasteiger partial charge in [0.05, 0.1) is 0 Å². The zero-order chi connectivity index (χ0) is 17.1. The average molecular weight is 341 g/mol. The Labute approximate surface area is 142 Å². The number of nitrogens with two attached hydrogens (primary N) is 1. The van der Waals surface area contributed by atoms with Crippen LogP contribution in [-0.2, 0) is 0 Å². The number of benzene rings is 1. The maximum atomic E-state index is 12.2. The molecule has 0 atom stereocenters. The first-order valence-electron chi connectivity index (χ1n) is 7.27. The number of thiazole rings is 1. The Morgan fingerprint density at radius 1 is 1.21 bits per heavy atom. The van der Waals surface area contributed by atoms with Crippen LogP contribution < -0.4 is 10.6 Å². The molecule has 0 fully saturated rings. The molecule has 1 amide bonds. The molecule has 0 aliphatic heterocycles. The molecule has 0 saturated carbocycles. The van der Waals surface area contributed by atoms with Gasteiger partial charge in [0.15, 0.2) is 16.6 Å². The quantitative estimate of drug-likeness (QED) is 0.687. The van der Waals surface area contributed by atoms with E-state index in [-0.39, 0.29) is 10.8 Å². The van der Waals surface area contributed by atoms with E-state index in [9.17, 15) is 9.59 Å². The first-order chi connectivity index (χ1) is 11.6. The van der Waals surface area contributed by atoms with Crippen molar-refractivity contribution >= 4 is 39.2 Å². The van der Waals surface area contributed by atoms with Crippen molar-refractivity contribution in [1.82, 2.24) is 15.0 Å². The topological polar surface area (TPSA) is 102 Å². The van der Waals surface area contributed by atoms with E-state index in [2.05, 4.69) is 15.0 Å². The van der Waals surface area contributed by atoms with Gasteiger partial charge in [0.2, 0.25) is 0 Å². The molecule has 7 nitrogen and oxygen atoms in total. The summed E-state index contributed by atoms with van der Waals surface area (Å²) in [6, 6.07) is 9.14. The fourth-order valence-electron chi connectivity index (χ4n) is 2.27. The second kappa shape index (κ2) is 6.71. The molecule has 3 rings (SSSR count). The van der Waals surface area contributed by atoms with Crippen LogP contribution in [0, 0.1) is 0 Å². The largest absolute Gasteiger partial charge is 0.364 e. The number of Topliss-reactive ketones (excluding diaryl/α,β-unsaturated/α-hetero) is 1. The third kappa shape index (κ3) is 3.23. The third-order valence-corrected chi connectivity index (χ3v) is 4.50. The molecular formula is C16H15N5O2S. The number of rotatable bonds is 6. The Hall–Kier alpha value is -2.87. The highest BCUT2D eigenvalue weighted by molar-refractivity contribution is 7.19. The van der Waals surface area contributed by atoms with Gasteiger partial charge in [-0.25, -0.2) is 15.0 Å². The molecule has 2 aromatic heterocycles. The van der Waals surface area contributed by atoms with E-state index >= 15 is 0 Å². The fraction of sp³-hybridized carbons (Fsp3) is 0.188. The van der Waals surface area contributed by atoms with Crippen molar-refractivity contribution in [2.24, 2.45) is 5.73 Å². The molecule has 2 heterocycles. The highest BCUT2D eigenvalue weighted by atomic mass is 32.1. The molecule has 0 unspecified atom stereocenters. The van der Waals surface area contributed by atoms with Crippen LogP contribution in [0.2, 0.25) is 0 Å². The summed E-state index contributed by atoms with van der Waals surface area (Å²) in [5.74, 6) is 0.0410. The van der Waals surface area contributed by atoms with E-state index in [0.29, 0.717) is 34.7 Å². The SMILES string of the molecule is CN(CCC(=O)c1ccccc1)c1ncnc2sc(C(N)=O)nc12. The van der Waals surface area contributed by atoms with Crippen LogP contribution in [0.1, 0.15) is 26.6 Å². The second-order valence-corrected chi connectivity index (χ2v) is 6.17. The summed E-state index contributed by atoms with van der Waals surface area (Å²) < 4.78 is 0. The minimum absolute atomic E-state index is 0.0591. The molecule has 2 N–H and O–H groups in total. The first kappa shape index (κ1) is 16.0. The normalized spacial score (nSPS) is 10.7. The van der Waals surface area contributed by atoms with Crippen molar-refractivity contribution in [3.63, 3.8) is 0 Å². The Morgan fingerprint density at radius 3 is 2.67 bits per heavy atom. The van der Waals surface area contributed by atoms with Crippen molar-refractivity contribution in [3.05, 3.63) is 47.2 Å². The summed E-state index contributed by atoms with van der Waals surface area (Å²) in [5, 5.41) is 0.195. The number of hydrogen-bond acceptors (Lipinski definition) is 7. The van der Waals surface area contributed by atoms with E-state index in [1.54, 1.807) is 12.1 Å². The number of fused-ring (bicyclic) bond motifs is 1. The molecular weight excluding hydrogens is 326 g/mol. The van der Waals surface area contributed by atoms with Crippen LogP contribution in [-0.4, -0.2) is 40.2 Å². The fourth-order valence-corrected chi connectivity index (χ4v) is 3.02. The number of carbonyl (C=O) groups is 2. The number of anilines is 1. The molecule has 8 heteroatoms. The van der Waals surface area contributed by atoms with Crippen molar-refractivity contribution < 1.29 is 9.59 Å². The Balaban J connectivity index is 1.77. The van der Waals surface area contributed by atoms with Crippen molar-refractivity contribution in [2.45, 2.75) is 6.42 Å². The number of ketones is 1. The van der Waals surface area contributed by atoms with Crippen molar-refractivity contribution in [1.29, 1.82) is 0 Å². The summed E-state index contributed by atoms with van der Waals surface area (Å²) >= 11 is 1.13. The minimum atomic E-state index is -0.592. The molecule has 24 heavy (non-hydrogen) atoms. The van der Waals surface area contributed by atoms with Gasteiger partial charge in [0, 0.05) is 25.6 Å². The van der Waals surface area contributed by atoms with Gasteiger partial charge in [0.25, 0.3) is 5.91 Å². The summed E-state index contributed by atoms with van der Waals surface area (Å²) in [5.41, 5.74) is 6.47. The van der Waals surface area contributed by atoms with Gasteiger partial charge in [-0.3, -0.25) is 9.59 Å². The van der Waals surface area contributed by atoms with Crippen molar-refractivity contribution in [2.75, 3.05) is 18.5 Å². The van der Waals surface area contributed by atoms with Gasteiger partial charge >= 0.3 is 0 Å². The molecule has 122 valence electrons. The molecule has 0 aliphatic carbocycles. The standard InChI is InChI=1S/C16H15N5O2S/c1-21(8-7-11(22)10-5-3-2-4-6-10)14-12-15(19-9-18-14)24-16(20-12)13(17)23/h2-6,9H,7-8H2,1H3,(H2,17,23). The van der Waals surface area contributed by atoms with Crippen LogP contribution in [0.15, 0.2) is 36.7 Å². The zero-order valence-corrected chi connectivity index (χ0v) is 13.8. The van der Waals surface area contributed by atoms with Crippen LogP contribution in [0.5, 0.6) is 0 Å². The van der Waals surface area contributed by atoms with E-state index in [4.69, 9.17) is 5.73 Å². The van der Waals surface area contributed by atoms with E-state index in [0.717, 1.165) is 11.3 Å². The van der Waals surface area contributed by atoms with Crippen LogP contribution in [0.25, 0.3) is 10.3 Å². The average Bonchev–Trinajstić information content (AvgIpc) is 3.04. The van der Waals surface area contributed by atoms with Gasteiger partial charge in [-0.1, -0.05) is 41.7 Å². The van der Waals surface area contributed by atoms with E-state index in [1.807, 2.05) is 30.1 Å². The van der Waals surface area contributed by atoms with Crippen LogP contribution in [0.3, 0.4) is 0 Å². The monoisotopic (exact) mass is 341 g/mol. The number of nitrogens with zero attached hydrogens (tertiary/aromatic N) is 4. The maximum absolute atomic E-state index is 12.2. The highest BCUT2D eigenvalue weighted by Gasteiger charge is 2.17. The van der Waals surface area contributed by atoms with Crippen LogP contribution in [0.4, 0.5) is 5.82 Å². The Bertz CT molecular complexity index is 894. The summed E-state index contributed by atoms with van der Waals surface area (Å²) in [6.07, 6.45) is 1.76. The summed E-state index contributed by atoms with van der Waals surface area (Å²) in [6.45, 7) is 0.475. The number of aromatic nitrogens is 3. The first-order valence-corrected chi connectivity index (χ1v) is 8.08. The van der Waals surface area contributed by atoms with Gasteiger partial charge < -0.3 is 10.6 Å². The van der Waals surface area contributed by atoms with Crippen LogP contribution >= 0.6 is 11.3 Å². The second-order valence-electron chi connectivity index (χ2n) is 5.20. The molecule has 0 spiro atoms. The smallest absolute Gasteiger partial charge is 0.277 e. The molecule has 1 aromatic carbocycles. The molecule has 0 radical (unpaired) electrons. The number of amides is 1. The lowest BCUT2D eigenvalue weighted by Gasteiger charge is -2.17. The van der Waals surface area contributed by atoms with Gasteiger partial charge in [0.1, 0.15) is 16.7 Å². The molecule has 3 aromatic rings. The summed E-state index contributed by atoms with van der Waals surface area (Å²) in [4.78, 5) is 38.5. The Morgan fingerprint density at radius 2 is 1.96 bits per heavy atom. The maximum Gasteiger partial charge on any atom is 0.277 e. The lowest BCUT2D eigenvalue weighted by molar-refractivity contribution is 0.0981. The zero-order valence-electron chi connectivity index (χ0n) is 13.0. The Kier molecular flexibility index (Phi) is 4.48. The highest BCUT2D eigenvalue weighted by Crippen LogP contribution is 2.26.